The summed E-state index contributed by atoms with van der Waals surface area (Å²) in [6, 6.07) is 5.32. The van der Waals surface area contributed by atoms with Gasteiger partial charge in [0.1, 0.15) is 18.7 Å². The Labute approximate surface area is 145 Å². The lowest BCUT2D eigenvalue weighted by atomic mass is 10.0. The molecule has 0 bridgehead atoms. The second kappa shape index (κ2) is 7.72. The van der Waals surface area contributed by atoms with E-state index in [-0.39, 0.29) is 11.5 Å². The number of nitrogens with one attached hydrogen (secondary N) is 3. The number of hydrogen-bond donors (Lipinski definition) is 3. The summed E-state index contributed by atoms with van der Waals surface area (Å²) in [6.45, 7) is 3.08. The predicted octanol–water partition coefficient (Wildman–Crippen LogP) is -0.895. The molecule has 2 unspecified atom stereocenters. The zero-order valence-electron chi connectivity index (χ0n) is 13.7. The Balaban J connectivity index is 2.13. The van der Waals surface area contributed by atoms with Crippen molar-refractivity contribution in [2.75, 3.05) is 6.61 Å². The van der Waals surface area contributed by atoms with E-state index in [9.17, 15) is 22.8 Å². The van der Waals surface area contributed by atoms with Crippen LogP contribution >= 0.6 is 0 Å². The first-order valence-corrected chi connectivity index (χ1v) is 9.04. The van der Waals surface area contributed by atoms with Gasteiger partial charge in [0.2, 0.25) is 21.7 Å². The van der Waals surface area contributed by atoms with E-state index in [1.807, 2.05) is 5.48 Å². The van der Waals surface area contributed by atoms with Crippen molar-refractivity contribution in [3.63, 3.8) is 0 Å². The van der Waals surface area contributed by atoms with Crippen molar-refractivity contribution in [2.24, 2.45) is 5.92 Å². The minimum atomic E-state index is -3.92. The first-order chi connectivity index (χ1) is 11.7. The molecule has 25 heavy (non-hydrogen) atoms. The summed E-state index contributed by atoms with van der Waals surface area (Å²) in [7, 11) is -3.92. The number of ketones is 1. The Hall–Kier alpha value is -2.30. The Morgan fingerprint density at radius 3 is 2.48 bits per heavy atom. The maximum atomic E-state index is 12.4. The molecule has 0 spiro atoms. The van der Waals surface area contributed by atoms with Gasteiger partial charge in [-0.25, -0.2) is 13.9 Å². The SMILES string of the molecule is CC(C)C(NS(=O)(=O)c1ccccc1)C(=O)NC1CONC(=O)C1=O. The molecule has 3 N–H and O–H groups in total. The molecule has 0 aromatic heterocycles. The number of rotatable bonds is 6. The van der Waals surface area contributed by atoms with Crippen molar-refractivity contribution >= 4 is 27.6 Å². The van der Waals surface area contributed by atoms with Crippen LogP contribution < -0.4 is 15.5 Å². The fraction of sp³-hybridized carbons (Fsp3) is 0.400. The Bertz CT molecular complexity index is 763. The molecule has 2 amide bonds. The fourth-order valence-electron chi connectivity index (χ4n) is 2.17. The summed E-state index contributed by atoms with van der Waals surface area (Å²) in [5.74, 6) is -2.94. The van der Waals surface area contributed by atoms with Crippen molar-refractivity contribution < 1.29 is 27.6 Å². The average Bonchev–Trinajstić information content (AvgIpc) is 2.57. The van der Waals surface area contributed by atoms with E-state index in [2.05, 4.69) is 10.0 Å². The van der Waals surface area contributed by atoms with Gasteiger partial charge in [-0.05, 0) is 18.1 Å². The highest BCUT2D eigenvalue weighted by atomic mass is 32.2. The number of hydrogen-bond acceptors (Lipinski definition) is 6. The second-order valence-corrected chi connectivity index (χ2v) is 7.54. The third-order valence-electron chi connectivity index (χ3n) is 3.56. The van der Waals surface area contributed by atoms with E-state index < -0.39 is 45.6 Å². The Morgan fingerprint density at radius 2 is 1.88 bits per heavy atom. The van der Waals surface area contributed by atoms with Gasteiger partial charge >= 0.3 is 5.91 Å². The van der Waals surface area contributed by atoms with E-state index in [1.54, 1.807) is 32.0 Å². The van der Waals surface area contributed by atoms with Gasteiger partial charge in [0.25, 0.3) is 0 Å². The van der Waals surface area contributed by atoms with Crippen molar-refractivity contribution in [1.82, 2.24) is 15.5 Å². The van der Waals surface area contributed by atoms with Crippen LogP contribution in [0.2, 0.25) is 0 Å². The molecular formula is C15H19N3O6S. The molecule has 1 saturated heterocycles. The quantitative estimate of drug-likeness (QED) is 0.557. The number of Topliss-reactive ketones (excluding diaryl/α,β-unsaturated/α-hetero) is 1. The van der Waals surface area contributed by atoms with Gasteiger partial charge in [-0.3, -0.25) is 19.2 Å². The van der Waals surface area contributed by atoms with Gasteiger partial charge in [0, 0.05) is 0 Å². The predicted molar refractivity (Wildman–Crippen MR) is 86.4 cm³/mol. The lowest BCUT2D eigenvalue weighted by molar-refractivity contribution is -0.155. The van der Waals surface area contributed by atoms with Crippen LogP contribution in [0.4, 0.5) is 0 Å². The first kappa shape index (κ1) is 19.0. The minimum absolute atomic E-state index is 0.0184. The molecule has 9 nitrogen and oxygen atoms in total. The van der Waals surface area contributed by atoms with Crippen molar-refractivity contribution in [3.8, 4) is 0 Å². The van der Waals surface area contributed by atoms with Crippen LogP contribution in [0.5, 0.6) is 0 Å². The largest absolute Gasteiger partial charge is 0.342 e. The van der Waals surface area contributed by atoms with Gasteiger partial charge in [-0.2, -0.15) is 4.72 Å². The highest BCUT2D eigenvalue weighted by Crippen LogP contribution is 2.12. The molecule has 10 heteroatoms. The van der Waals surface area contributed by atoms with Crippen LogP contribution in [-0.4, -0.2) is 44.7 Å². The first-order valence-electron chi connectivity index (χ1n) is 7.56. The van der Waals surface area contributed by atoms with E-state index >= 15 is 0 Å². The van der Waals surface area contributed by atoms with Crippen LogP contribution in [0.25, 0.3) is 0 Å². The standard InChI is InChI=1S/C15H19N3O6S/c1-9(2)12(18-25(22,23)10-6-4-3-5-7-10)14(20)16-11-8-24-17-15(21)13(11)19/h3-7,9,11-12,18H,8H2,1-2H3,(H,16,20)(H,17,21). The van der Waals surface area contributed by atoms with E-state index in [4.69, 9.17) is 4.84 Å². The molecule has 1 aliphatic heterocycles. The lowest BCUT2D eigenvalue weighted by Gasteiger charge is -2.26. The smallest absolute Gasteiger partial charge is 0.313 e. The van der Waals surface area contributed by atoms with E-state index in [0.717, 1.165) is 0 Å². The number of benzene rings is 1. The molecule has 2 rings (SSSR count). The fourth-order valence-corrected chi connectivity index (χ4v) is 3.54. The van der Waals surface area contributed by atoms with Gasteiger partial charge in [0.05, 0.1) is 4.90 Å². The highest BCUT2D eigenvalue weighted by Gasteiger charge is 2.35. The van der Waals surface area contributed by atoms with Crippen molar-refractivity contribution in [2.45, 2.75) is 30.8 Å². The second-order valence-electron chi connectivity index (χ2n) is 5.82. The average molecular weight is 369 g/mol. The number of carbonyl (C=O) groups is 3. The van der Waals surface area contributed by atoms with E-state index in [1.165, 1.54) is 12.1 Å². The van der Waals surface area contributed by atoms with Gasteiger partial charge in [-0.1, -0.05) is 32.0 Å². The van der Waals surface area contributed by atoms with Crippen LogP contribution in [0.3, 0.4) is 0 Å². The Morgan fingerprint density at radius 1 is 1.24 bits per heavy atom. The molecule has 1 aromatic carbocycles. The van der Waals surface area contributed by atoms with Crippen LogP contribution in [-0.2, 0) is 29.2 Å². The number of hydroxylamine groups is 1. The van der Waals surface area contributed by atoms with Gasteiger partial charge in [0.15, 0.2) is 0 Å². The van der Waals surface area contributed by atoms with Crippen molar-refractivity contribution in [1.29, 1.82) is 0 Å². The molecule has 1 heterocycles. The van der Waals surface area contributed by atoms with Gasteiger partial charge in [-0.15, -0.1) is 0 Å². The van der Waals surface area contributed by atoms with Crippen LogP contribution in [0, 0.1) is 5.92 Å². The molecule has 0 aliphatic carbocycles. The summed E-state index contributed by atoms with van der Waals surface area (Å²) in [5.41, 5.74) is 1.90. The lowest BCUT2D eigenvalue weighted by Crippen LogP contribution is -2.59. The number of carbonyl (C=O) groups excluding carboxylic acids is 3. The number of sulfonamides is 1. The van der Waals surface area contributed by atoms with Crippen LogP contribution in [0.1, 0.15) is 13.8 Å². The molecule has 1 aromatic rings. The topological polar surface area (TPSA) is 131 Å². The zero-order chi connectivity index (χ0) is 18.6. The summed E-state index contributed by atoms with van der Waals surface area (Å²) in [5, 5.41) is 2.35. The Kier molecular flexibility index (Phi) is 5.88. The monoisotopic (exact) mass is 369 g/mol. The normalized spacial score (nSPS) is 19.4. The summed E-state index contributed by atoms with van der Waals surface area (Å²) < 4.78 is 27.2. The highest BCUT2D eigenvalue weighted by molar-refractivity contribution is 7.89. The third-order valence-corrected chi connectivity index (χ3v) is 5.01. The molecule has 136 valence electrons. The van der Waals surface area contributed by atoms with Crippen LogP contribution in [0.15, 0.2) is 35.2 Å². The molecule has 0 radical (unpaired) electrons. The summed E-state index contributed by atoms with van der Waals surface area (Å²) >= 11 is 0. The minimum Gasteiger partial charge on any atom is -0.342 e. The number of amides is 2. The van der Waals surface area contributed by atoms with E-state index in [0.29, 0.717) is 0 Å². The molecule has 1 aliphatic rings. The molecule has 0 saturated carbocycles. The molecular weight excluding hydrogens is 350 g/mol. The zero-order valence-corrected chi connectivity index (χ0v) is 14.5. The maximum Gasteiger partial charge on any atom is 0.313 e. The third kappa shape index (κ3) is 4.62. The summed E-state index contributed by atoms with van der Waals surface area (Å²) in [6.07, 6.45) is 0. The molecule has 2 atom stereocenters. The maximum absolute atomic E-state index is 12.4. The van der Waals surface area contributed by atoms with Crippen molar-refractivity contribution in [3.05, 3.63) is 30.3 Å². The summed E-state index contributed by atoms with van der Waals surface area (Å²) in [4.78, 5) is 40.1. The van der Waals surface area contributed by atoms with Gasteiger partial charge < -0.3 is 5.32 Å². The molecule has 1 fully saturated rings.